The molecule has 7 nitrogen and oxygen atoms in total. The quantitative estimate of drug-likeness (QED) is 0.898. The van der Waals surface area contributed by atoms with Crippen LogP contribution < -0.4 is 10.6 Å². The number of nitrogens with zero attached hydrogens (tertiary/aromatic N) is 4. The Kier molecular flexibility index (Phi) is 2.94. The van der Waals surface area contributed by atoms with Crippen molar-refractivity contribution in [2.75, 3.05) is 17.2 Å². The highest BCUT2D eigenvalue weighted by atomic mass is 32.2. The molecule has 0 radical (unpaired) electrons. The standard InChI is InChI=1S/C12H13N5O2S/c13-12-5-6-17(15-12)8-7-16-9-14-20(18,19)11-4-2-1-3-10(11)16/h1-6,9H,7-8H2,(H2,13,15). The van der Waals surface area contributed by atoms with Gasteiger partial charge in [-0.3, -0.25) is 4.68 Å². The molecule has 0 fully saturated rings. The normalized spacial score (nSPS) is 16.1. The van der Waals surface area contributed by atoms with Crippen LogP contribution in [0.2, 0.25) is 0 Å². The number of hydrogen-bond donors (Lipinski definition) is 1. The number of aromatic nitrogens is 2. The van der Waals surface area contributed by atoms with E-state index in [0.717, 1.165) is 0 Å². The van der Waals surface area contributed by atoms with Gasteiger partial charge in [-0.1, -0.05) is 12.1 Å². The van der Waals surface area contributed by atoms with Gasteiger partial charge < -0.3 is 10.6 Å². The third-order valence-corrected chi connectivity index (χ3v) is 4.28. The highest BCUT2D eigenvalue weighted by molar-refractivity contribution is 7.90. The van der Waals surface area contributed by atoms with Gasteiger partial charge in [0.1, 0.15) is 17.1 Å². The number of rotatable bonds is 3. The first-order valence-corrected chi connectivity index (χ1v) is 7.45. The molecule has 104 valence electrons. The summed E-state index contributed by atoms with van der Waals surface area (Å²) in [5, 5.41) is 4.08. The van der Waals surface area contributed by atoms with E-state index >= 15 is 0 Å². The molecule has 0 atom stereocenters. The predicted octanol–water partition coefficient (Wildman–Crippen LogP) is 0.702. The van der Waals surface area contributed by atoms with Gasteiger partial charge in [-0.25, -0.2) is 0 Å². The van der Waals surface area contributed by atoms with Crippen molar-refractivity contribution in [3.63, 3.8) is 0 Å². The Bertz CT molecular complexity index is 766. The van der Waals surface area contributed by atoms with Gasteiger partial charge in [0.05, 0.1) is 12.2 Å². The van der Waals surface area contributed by atoms with E-state index in [4.69, 9.17) is 5.73 Å². The molecule has 0 saturated heterocycles. The molecule has 20 heavy (non-hydrogen) atoms. The minimum atomic E-state index is -3.57. The lowest BCUT2D eigenvalue weighted by molar-refractivity contribution is 0.595. The highest BCUT2D eigenvalue weighted by Gasteiger charge is 2.24. The van der Waals surface area contributed by atoms with Crippen molar-refractivity contribution in [2.45, 2.75) is 11.4 Å². The van der Waals surface area contributed by atoms with Gasteiger partial charge in [0.25, 0.3) is 10.0 Å². The molecular weight excluding hydrogens is 278 g/mol. The lowest BCUT2D eigenvalue weighted by atomic mass is 10.3. The van der Waals surface area contributed by atoms with E-state index in [2.05, 4.69) is 9.50 Å². The molecule has 0 saturated carbocycles. The van der Waals surface area contributed by atoms with Crippen molar-refractivity contribution < 1.29 is 8.42 Å². The molecule has 0 spiro atoms. The summed E-state index contributed by atoms with van der Waals surface area (Å²) < 4.78 is 29.0. The summed E-state index contributed by atoms with van der Waals surface area (Å²) in [5.41, 5.74) is 6.18. The second-order valence-electron chi connectivity index (χ2n) is 4.36. The molecule has 2 heterocycles. The van der Waals surface area contributed by atoms with E-state index in [1.807, 2.05) is 0 Å². The number of nitrogen functional groups attached to an aromatic ring is 1. The van der Waals surface area contributed by atoms with Gasteiger partial charge in [-0.2, -0.15) is 13.5 Å². The maximum Gasteiger partial charge on any atom is 0.285 e. The molecule has 1 aromatic heterocycles. The van der Waals surface area contributed by atoms with Crippen molar-refractivity contribution in [2.24, 2.45) is 4.40 Å². The van der Waals surface area contributed by atoms with E-state index in [1.54, 1.807) is 46.1 Å². The maximum atomic E-state index is 11.8. The molecule has 8 heteroatoms. The number of sulfonamides is 1. The first kappa shape index (κ1) is 12.7. The Morgan fingerprint density at radius 2 is 1.95 bits per heavy atom. The van der Waals surface area contributed by atoms with Crippen LogP contribution in [0.1, 0.15) is 0 Å². The van der Waals surface area contributed by atoms with E-state index in [-0.39, 0.29) is 4.90 Å². The second kappa shape index (κ2) is 4.64. The van der Waals surface area contributed by atoms with Crippen LogP contribution in [0, 0.1) is 0 Å². The molecule has 1 aromatic carbocycles. The molecule has 1 aliphatic rings. The number of hydrogen-bond acceptors (Lipinski definition) is 5. The number of anilines is 2. The second-order valence-corrected chi connectivity index (χ2v) is 5.96. The summed E-state index contributed by atoms with van der Waals surface area (Å²) in [6, 6.07) is 8.51. The Morgan fingerprint density at radius 3 is 2.70 bits per heavy atom. The average Bonchev–Trinajstić information content (AvgIpc) is 2.84. The summed E-state index contributed by atoms with van der Waals surface area (Å²) in [4.78, 5) is 2.01. The van der Waals surface area contributed by atoms with Crippen molar-refractivity contribution in [3.8, 4) is 0 Å². The molecule has 0 aliphatic carbocycles. The monoisotopic (exact) mass is 291 g/mol. The lowest BCUT2D eigenvalue weighted by Crippen LogP contribution is -2.30. The summed E-state index contributed by atoms with van der Waals surface area (Å²) in [6.45, 7) is 1.13. The smallest absolute Gasteiger partial charge is 0.285 e. The summed E-state index contributed by atoms with van der Waals surface area (Å²) in [7, 11) is -3.57. The number of nitrogens with two attached hydrogens (primary N) is 1. The highest BCUT2D eigenvalue weighted by Crippen LogP contribution is 2.28. The molecule has 0 unspecified atom stereocenters. The van der Waals surface area contributed by atoms with Crippen LogP contribution in [-0.2, 0) is 16.6 Å². The maximum absolute atomic E-state index is 11.8. The van der Waals surface area contributed by atoms with Gasteiger partial charge in [0.2, 0.25) is 0 Å². The summed E-state index contributed by atoms with van der Waals surface area (Å²) in [5.74, 6) is 0.459. The van der Waals surface area contributed by atoms with Crippen LogP contribution in [0.3, 0.4) is 0 Å². The molecular formula is C12H13N5O2S. The third-order valence-electron chi connectivity index (χ3n) is 3.01. The Morgan fingerprint density at radius 1 is 1.15 bits per heavy atom. The van der Waals surface area contributed by atoms with Gasteiger partial charge >= 0.3 is 0 Å². The first-order valence-electron chi connectivity index (χ1n) is 6.01. The molecule has 3 rings (SSSR count). The van der Waals surface area contributed by atoms with Crippen LogP contribution in [0.15, 0.2) is 45.8 Å². The molecule has 0 amide bonds. The van der Waals surface area contributed by atoms with Gasteiger partial charge in [-0.15, -0.1) is 4.40 Å². The average molecular weight is 291 g/mol. The van der Waals surface area contributed by atoms with Crippen molar-refractivity contribution in [3.05, 3.63) is 36.5 Å². The van der Waals surface area contributed by atoms with Crippen LogP contribution in [-0.4, -0.2) is 31.1 Å². The van der Waals surface area contributed by atoms with E-state index in [1.165, 1.54) is 6.34 Å². The Labute approximate surface area is 116 Å². The summed E-state index contributed by atoms with van der Waals surface area (Å²) in [6.07, 6.45) is 3.11. The zero-order chi connectivity index (χ0) is 14.2. The Balaban J connectivity index is 1.85. The predicted molar refractivity (Wildman–Crippen MR) is 76.1 cm³/mol. The van der Waals surface area contributed by atoms with Crippen LogP contribution >= 0.6 is 0 Å². The van der Waals surface area contributed by atoms with Crippen molar-refractivity contribution in [1.82, 2.24) is 9.78 Å². The van der Waals surface area contributed by atoms with Crippen LogP contribution in [0.5, 0.6) is 0 Å². The van der Waals surface area contributed by atoms with Gasteiger partial charge in [0, 0.05) is 12.7 Å². The zero-order valence-electron chi connectivity index (χ0n) is 10.5. The van der Waals surface area contributed by atoms with E-state index in [0.29, 0.717) is 24.6 Å². The molecule has 2 aromatic rings. The van der Waals surface area contributed by atoms with Gasteiger partial charge in [0.15, 0.2) is 0 Å². The fourth-order valence-electron chi connectivity index (χ4n) is 2.04. The van der Waals surface area contributed by atoms with Gasteiger partial charge in [-0.05, 0) is 18.2 Å². The Hall–Kier alpha value is -2.35. The van der Waals surface area contributed by atoms with E-state index in [9.17, 15) is 8.42 Å². The summed E-state index contributed by atoms with van der Waals surface area (Å²) >= 11 is 0. The van der Waals surface area contributed by atoms with Crippen LogP contribution in [0.25, 0.3) is 0 Å². The van der Waals surface area contributed by atoms with Crippen molar-refractivity contribution >= 4 is 27.9 Å². The molecule has 0 bridgehead atoms. The fraction of sp³-hybridized carbons (Fsp3) is 0.167. The first-order chi connectivity index (χ1) is 9.56. The SMILES string of the molecule is Nc1ccn(CCN2C=NS(=O)(=O)c3ccccc32)n1. The minimum absolute atomic E-state index is 0.225. The lowest BCUT2D eigenvalue weighted by Gasteiger charge is -2.24. The van der Waals surface area contributed by atoms with Crippen LogP contribution in [0.4, 0.5) is 11.5 Å². The zero-order valence-corrected chi connectivity index (χ0v) is 11.4. The fourth-order valence-corrected chi connectivity index (χ4v) is 3.09. The molecule has 1 aliphatic heterocycles. The number of benzene rings is 1. The molecule has 2 N–H and O–H groups in total. The minimum Gasteiger partial charge on any atom is -0.382 e. The topological polar surface area (TPSA) is 93.6 Å². The number of para-hydroxylation sites is 1. The third kappa shape index (κ3) is 2.25. The van der Waals surface area contributed by atoms with Crippen molar-refractivity contribution in [1.29, 1.82) is 0 Å². The largest absolute Gasteiger partial charge is 0.382 e. The van der Waals surface area contributed by atoms with E-state index < -0.39 is 10.0 Å². The number of fused-ring (bicyclic) bond motifs is 1.